The average molecular weight is 281 g/mol. The zero-order chi connectivity index (χ0) is 13.8. The van der Waals surface area contributed by atoms with Crippen molar-refractivity contribution in [3.63, 3.8) is 0 Å². The molecule has 2 rings (SSSR count). The van der Waals surface area contributed by atoms with Crippen molar-refractivity contribution in [2.75, 3.05) is 0 Å². The molecule has 5 nitrogen and oxygen atoms in total. The maximum absolute atomic E-state index is 11.4. The molecule has 0 bridgehead atoms. The number of aryl methyl sites for hydroxylation is 1. The molecule has 0 atom stereocenters. The van der Waals surface area contributed by atoms with Gasteiger partial charge in [-0.2, -0.15) is 0 Å². The van der Waals surface area contributed by atoms with Gasteiger partial charge in [0.2, 0.25) is 0 Å². The second-order valence-corrected chi connectivity index (χ2v) is 4.38. The van der Waals surface area contributed by atoms with Crippen LogP contribution in [0.15, 0.2) is 34.9 Å². The van der Waals surface area contributed by atoms with Crippen molar-refractivity contribution >= 4 is 17.5 Å². The highest BCUT2D eigenvalue weighted by Gasteiger charge is 2.15. The number of nitrogen functional groups attached to an aromatic ring is 1. The highest BCUT2D eigenvalue weighted by atomic mass is 35.5. The Balaban J connectivity index is 2.13. The minimum Gasteiger partial charge on any atom is -0.487 e. The molecule has 0 unspecified atom stereocenters. The first kappa shape index (κ1) is 13.5. The number of halogens is 1. The number of rotatable bonds is 4. The number of hydrogen-bond acceptors (Lipinski definition) is 4. The number of nitrogens with one attached hydrogen (secondary N) is 1. The number of hydrazine groups is 1. The van der Waals surface area contributed by atoms with Crippen LogP contribution in [0.5, 0.6) is 5.75 Å². The first-order valence-electron chi connectivity index (χ1n) is 5.58. The van der Waals surface area contributed by atoms with Gasteiger partial charge in [-0.3, -0.25) is 10.2 Å². The Labute approximate surface area is 115 Å². The molecular weight excluding hydrogens is 268 g/mol. The topological polar surface area (TPSA) is 77.5 Å². The van der Waals surface area contributed by atoms with E-state index < -0.39 is 5.91 Å². The van der Waals surface area contributed by atoms with Gasteiger partial charge in [0.15, 0.2) is 5.76 Å². The van der Waals surface area contributed by atoms with Crippen molar-refractivity contribution in [1.82, 2.24) is 5.43 Å². The zero-order valence-electron chi connectivity index (χ0n) is 10.3. The van der Waals surface area contributed by atoms with Crippen molar-refractivity contribution in [2.24, 2.45) is 5.84 Å². The molecule has 1 aromatic heterocycles. The molecule has 6 heteroatoms. The van der Waals surface area contributed by atoms with E-state index in [9.17, 15) is 4.79 Å². The van der Waals surface area contributed by atoms with Crippen molar-refractivity contribution in [1.29, 1.82) is 0 Å². The van der Waals surface area contributed by atoms with Crippen LogP contribution in [0.3, 0.4) is 0 Å². The lowest BCUT2D eigenvalue weighted by Gasteiger charge is -2.08. The van der Waals surface area contributed by atoms with Gasteiger partial charge < -0.3 is 9.15 Å². The molecule has 0 aliphatic heterocycles. The fourth-order valence-electron chi connectivity index (χ4n) is 1.59. The molecule has 0 fully saturated rings. The molecule has 0 saturated heterocycles. The maximum atomic E-state index is 11.4. The summed E-state index contributed by atoms with van der Waals surface area (Å²) in [4.78, 5) is 11.4. The summed E-state index contributed by atoms with van der Waals surface area (Å²) in [7, 11) is 0. The second kappa shape index (κ2) is 5.77. The minimum atomic E-state index is -0.501. The fourth-order valence-corrected chi connectivity index (χ4v) is 1.76. The van der Waals surface area contributed by atoms with Gasteiger partial charge in [0, 0.05) is 5.56 Å². The molecule has 100 valence electrons. The van der Waals surface area contributed by atoms with Crippen molar-refractivity contribution in [3.8, 4) is 5.75 Å². The number of amides is 1. The van der Waals surface area contributed by atoms with Gasteiger partial charge in [0.25, 0.3) is 0 Å². The summed E-state index contributed by atoms with van der Waals surface area (Å²) in [6, 6.07) is 7.12. The van der Waals surface area contributed by atoms with Crippen LogP contribution in [0.1, 0.15) is 21.7 Å². The number of nitrogens with two attached hydrogens (primary N) is 1. The predicted octanol–water partition coefficient (Wildman–Crippen LogP) is 2.42. The monoisotopic (exact) mass is 280 g/mol. The molecule has 0 saturated carbocycles. The van der Waals surface area contributed by atoms with Crippen LogP contribution in [-0.2, 0) is 6.61 Å². The minimum absolute atomic E-state index is 0.131. The number of carbonyl (C=O) groups excluding carboxylic acids is 1. The highest BCUT2D eigenvalue weighted by molar-refractivity contribution is 6.32. The molecule has 3 N–H and O–H groups in total. The summed E-state index contributed by atoms with van der Waals surface area (Å²) in [6.07, 6.45) is 1.40. The van der Waals surface area contributed by atoms with E-state index in [-0.39, 0.29) is 12.4 Å². The molecule has 0 aliphatic rings. The van der Waals surface area contributed by atoms with E-state index in [2.05, 4.69) is 0 Å². The fraction of sp³-hybridized carbons (Fsp3) is 0.154. The first-order chi connectivity index (χ1) is 9.11. The zero-order valence-corrected chi connectivity index (χ0v) is 11.0. The molecule has 2 aromatic rings. The SMILES string of the molecule is Cc1ccc(Cl)c(OCc2ccoc2C(=O)NN)c1. The van der Waals surface area contributed by atoms with Crippen LogP contribution < -0.4 is 16.0 Å². The Morgan fingerprint density at radius 3 is 3.00 bits per heavy atom. The predicted molar refractivity (Wildman–Crippen MR) is 70.9 cm³/mol. The Morgan fingerprint density at radius 1 is 1.47 bits per heavy atom. The smallest absolute Gasteiger partial charge is 0.301 e. The van der Waals surface area contributed by atoms with Crippen LogP contribution in [0.25, 0.3) is 0 Å². The number of ether oxygens (including phenoxy) is 1. The van der Waals surface area contributed by atoms with Gasteiger partial charge in [-0.1, -0.05) is 17.7 Å². The van der Waals surface area contributed by atoms with E-state index in [0.29, 0.717) is 16.3 Å². The Hall–Kier alpha value is -1.98. The summed E-state index contributed by atoms with van der Waals surface area (Å²) in [5, 5.41) is 0.513. The summed E-state index contributed by atoms with van der Waals surface area (Å²) < 4.78 is 10.6. The van der Waals surface area contributed by atoms with E-state index in [1.54, 1.807) is 12.1 Å². The number of carbonyl (C=O) groups is 1. The molecule has 1 aromatic carbocycles. The third-order valence-corrected chi connectivity index (χ3v) is 2.87. The number of hydrogen-bond donors (Lipinski definition) is 2. The van der Waals surface area contributed by atoms with E-state index in [0.717, 1.165) is 5.56 Å². The lowest BCUT2D eigenvalue weighted by molar-refractivity contribution is 0.0922. The normalized spacial score (nSPS) is 10.3. The third kappa shape index (κ3) is 3.07. The van der Waals surface area contributed by atoms with Crippen LogP contribution in [-0.4, -0.2) is 5.91 Å². The molecule has 1 heterocycles. The van der Waals surface area contributed by atoms with Gasteiger partial charge in [-0.05, 0) is 30.7 Å². The van der Waals surface area contributed by atoms with Gasteiger partial charge in [-0.25, -0.2) is 5.84 Å². The van der Waals surface area contributed by atoms with E-state index in [4.69, 9.17) is 26.6 Å². The molecule has 0 aliphatic carbocycles. The lowest BCUT2D eigenvalue weighted by atomic mass is 10.2. The lowest BCUT2D eigenvalue weighted by Crippen LogP contribution is -2.30. The van der Waals surface area contributed by atoms with E-state index >= 15 is 0 Å². The van der Waals surface area contributed by atoms with Gasteiger partial charge in [0.1, 0.15) is 12.4 Å². The standard InChI is InChI=1S/C13H13ClN2O3/c1-8-2-3-10(14)11(6-8)19-7-9-4-5-18-12(9)13(17)16-15/h2-6H,7,15H2,1H3,(H,16,17). The average Bonchev–Trinajstić information content (AvgIpc) is 2.87. The summed E-state index contributed by atoms with van der Waals surface area (Å²) in [5.74, 6) is 5.25. The van der Waals surface area contributed by atoms with Gasteiger partial charge in [-0.15, -0.1) is 0 Å². The molecule has 0 spiro atoms. The van der Waals surface area contributed by atoms with Crippen molar-refractivity contribution in [3.05, 3.63) is 52.4 Å². The van der Waals surface area contributed by atoms with Crippen LogP contribution >= 0.6 is 11.6 Å². The highest BCUT2D eigenvalue weighted by Crippen LogP contribution is 2.26. The number of benzene rings is 1. The first-order valence-corrected chi connectivity index (χ1v) is 5.96. The van der Waals surface area contributed by atoms with Crippen LogP contribution in [0.4, 0.5) is 0 Å². The Bertz CT molecular complexity index is 595. The largest absolute Gasteiger partial charge is 0.487 e. The summed E-state index contributed by atoms with van der Waals surface area (Å²) >= 11 is 6.02. The van der Waals surface area contributed by atoms with E-state index in [1.165, 1.54) is 6.26 Å². The quantitative estimate of drug-likeness (QED) is 0.512. The number of furan rings is 1. The van der Waals surface area contributed by atoms with Crippen LogP contribution in [0, 0.1) is 6.92 Å². The van der Waals surface area contributed by atoms with Crippen molar-refractivity contribution in [2.45, 2.75) is 13.5 Å². The summed E-state index contributed by atoms with van der Waals surface area (Å²) in [5.41, 5.74) is 3.64. The van der Waals surface area contributed by atoms with E-state index in [1.807, 2.05) is 24.5 Å². The third-order valence-electron chi connectivity index (χ3n) is 2.55. The van der Waals surface area contributed by atoms with Gasteiger partial charge >= 0.3 is 5.91 Å². The van der Waals surface area contributed by atoms with Crippen LogP contribution in [0.2, 0.25) is 5.02 Å². The Kier molecular flexibility index (Phi) is 4.09. The second-order valence-electron chi connectivity index (χ2n) is 3.97. The van der Waals surface area contributed by atoms with Gasteiger partial charge in [0.05, 0.1) is 11.3 Å². The maximum Gasteiger partial charge on any atom is 0.301 e. The summed E-state index contributed by atoms with van der Waals surface area (Å²) in [6.45, 7) is 2.11. The van der Waals surface area contributed by atoms with Crippen molar-refractivity contribution < 1.29 is 13.9 Å². The Morgan fingerprint density at radius 2 is 2.26 bits per heavy atom. The molecule has 19 heavy (non-hydrogen) atoms. The molecule has 0 radical (unpaired) electrons. The molecular formula is C13H13ClN2O3. The molecule has 1 amide bonds.